The quantitative estimate of drug-likeness (QED) is 0.473. The summed E-state index contributed by atoms with van der Waals surface area (Å²) in [5.74, 6) is 2.95. The average molecular weight is 327 g/mol. The molecule has 0 saturated heterocycles. The van der Waals surface area contributed by atoms with Crippen LogP contribution >= 0.6 is 0 Å². The zero-order valence-corrected chi connectivity index (χ0v) is 17.6. The fourth-order valence-corrected chi connectivity index (χ4v) is 13.4. The molecule has 9 rings (SSSR count). The van der Waals surface area contributed by atoms with Gasteiger partial charge in [0.05, 0.1) is 0 Å². The summed E-state index contributed by atoms with van der Waals surface area (Å²) < 4.78 is 0. The lowest BCUT2D eigenvalue weighted by atomic mass is 9.07. The first-order valence-corrected chi connectivity index (χ1v) is 10.7. The molecule has 0 heterocycles. The standard InChI is InChI=1S/C24H38/c1-14-16-22(8)21(14,7)17(2,3)11-18(4)10-15-19(5,12-18)20(6)13-24(15,16)23(20,22)9/h14-16H,10-13H2,1-9H3. The van der Waals surface area contributed by atoms with Gasteiger partial charge in [0.1, 0.15) is 0 Å². The normalized spacial score (nSPS) is 78.6. The first-order valence-electron chi connectivity index (χ1n) is 10.7. The van der Waals surface area contributed by atoms with E-state index in [9.17, 15) is 0 Å². The van der Waals surface area contributed by atoms with Crippen molar-refractivity contribution in [3.63, 3.8) is 0 Å². The molecule has 9 saturated carbocycles. The second-order valence-electron chi connectivity index (χ2n) is 13.6. The molecule has 9 fully saturated rings. The van der Waals surface area contributed by atoms with Crippen molar-refractivity contribution >= 4 is 0 Å². The van der Waals surface area contributed by atoms with Crippen LogP contribution in [0, 0.1) is 61.1 Å². The summed E-state index contributed by atoms with van der Waals surface area (Å²) in [5.41, 5.74) is 4.64. The van der Waals surface area contributed by atoms with Crippen LogP contribution in [-0.2, 0) is 0 Å². The van der Waals surface area contributed by atoms with Crippen molar-refractivity contribution in [2.24, 2.45) is 61.1 Å². The van der Waals surface area contributed by atoms with E-state index < -0.39 is 0 Å². The van der Waals surface area contributed by atoms with Crippen molar-refractivity contribution in [3.8, 4) is 0 Å². The predicted octanol–water partition coefficient (Wildman–Crippen LogP) is 6.55. The van der Waals surface area contributed by atoms with Gasteiger partial charge >= 0.3 is 0 Å². The Balaban J connectivity index is 1.73. The van der Waals surface area contributed by atoms with E-state index in [1.807, 2.05) is 0 Å². The molecule has 0 radical (unpaired) electrons. The van der Waals surface area contributed by atoms with E-state index in [1.54, 1.807) is 6.42 Å². The molecule has 10 unspecified atom stereocenters. The van der Waals surface area contributed by atoms with Gasteiger partial charge < -0.3 is 0 Å². The molecule has 9 bridgehead atoms. The molecule has 0 nitrogen and oxygen atoms in total. The molecule has 0 amide bonds. The SMILES string of the molecule is CC1C2C34CC5(C)C6(C)CC(C)(CC63)CC(C)(C)C1(C)C2(C)C45C. The van der Waals surface area contributed by atoms with Gasteiger partial charge in [-0.25, -0.2) is 0 Å². The van der Waals surface area contributed by atoms with E-state index in [1.165, 1.54) is 19.3 Å². The van der Waals surface area contributed by atoms with Gasteiger partial charge in [-0.15, -0.1) is 0 Å². The molecular weight excluding hydrogens is 288 g/mol. The van der Waals surface area contributed by atoms with Crippen molar-refractivity contribution < 1.29 is 0 Å². The third kappa shape index (κ3) is 0.787. The van der Waals surface area contributed by atoms with Crippen molar-refractivity contribution in [1.29, 1.82) is 0 Å². The fraction of sp³-hybridized carbons (Fsp3) is 1.00. The fourth-order valence-electron chi connectivity index (χ4n) is 13.4. The first kappa shape index (κ1) is 15.1. The van der Waals surface area contributed by atoms with Crippen LogP contribution in [0.2, 0.25) is 0 Å². The van der Waals surface area contributed by atoms with Crippen LogP contribution in [-0.4, -0.2) is 0 Å². The number of hydrogen-bond donors (Lipinski definition) is 0. The molecule has 0 heteroatoms. The highest BCUT2D eigenvalue weighted by atomic mass is 15.1. The molecule has 24 heavy (non-hydrogen) atoms. The van der Waals surface area contributed by atoms with Gasteiger partial charge in [-0.05, 0) is 86.8 Å². The lowest BCUT2D eigenvalue weighted by Gasteiger charge is -2.97. The Morgan fingerprint density at radius 3 is 2.00 bits per heavy atom. The second kappa shape index (κ2) is 2.99. The summed E-state index contributed by atoms with van der Waals surface area (Å²) >= 11 is 0. The zero-order chi connectivity index (χ0) is 17.6. The largest absolute Gasteiger partial charge is 0.0616 e. The Bertz CT molecular complexity index is 720. The summed E-state index contributed by atoms with van der Waals surface area (Å²) in [6.45, 7) is 24.3. The topological polar surface area (TPSA) is 0 Å². The molecule has 0 N–H and O–H groups in total. The van der Waals surface area contributed by atoms with Crippen LogP contribution in [0.5, 0.6) is 0 Å². The van der Waals surface area contributed by atoms with Gasteiger partial charge in [-0.2, -0.15) is 0 Å². The number of hydrogen-bond acceptors (Lipinski definition) is 0. The Morgan fingerprint density at radius 1 is 0.750 bits per heavy atom. The maximum absolute atomic E-state index is 2.78. The van der Waals surface area contributed by atoms with Gasteiger partial charge in [-0.3, -0.25) is 0 Å². The van der Waals surface area contributed by atoms with Gasteiger partial charge in [0.25, 0.3) is 0 Å². The van der Waals surface area contributed by atoms with E-state index in [-0.39, 0.29) is 0 Å². The molecule has 0 aromatic heterocycles. The van der Waals surface area contributed by atoms with Crippen molar-refractivity contribution in [2.75, 3.05) is 0 Å². The van der Waals surface area contributed by atoms with E-state index in [0.717, 1.165) is 17.8 Å². The molecule has 9 aliphatic rings. The first-order chi connectivity index (χ1) is 10.7. The van der Waals surface area contributed by atoms with E-state index in [4.69, 9.17) is 0 Å². The maximum Gasteiger partial charge on any atom is -0.0142 e. The Kier molecular flexibility index (Phi) is 1.88. The summed E-state index contributed by atoms with van der Waals surface area (Å²) in [7, 11) is 0. The van der Waals surface area contributed by atoms with Crippen LogP contribution in [0.3, 0.4) is 0 Å². The molecular formula is C24H38. The zero-order valence-electron chi connectivity index (χ0n) is 17.6. The predicted molar refractivity (Wildman–Crippen MR) is 99.5 cm³/mol. The highest BCUT2D eigenvalue weighted by molar-refractivity contribution is 5.51. The summed E-state index contributed by atoms with van der Waals surface area (Å²) in [6, 6.07) is 0. The van der Waals surface area contributed by atoms with E-state index in [2.05, 4.69) is 62.3 Å². The summed E-state index contributed by atoms with van der Waals surface area (Å²) in [5, 5.41) is 0. The molecule has 1 spiro atoms. The van der Waals surface area contributed by atoms with E-state index >= 15 is 0 Å². The lowest BCUT2D eigenvalue weighted by Crippen LogP contribution is -2.92. The van der Waals surface area contributed by atoms with Crippen LogP contribution < -0.4 is 0 Å². The molecule has 0 aromatic carbocycles. The summed E-state index contributed by atoms with van der Waals surface area (Å²) in [6.07, 6.45) is 6.06. The minimum absolute atomic E-state index is 0.461. The highest BCUT2D eigenvalue weighted by Crippen LogP contribution is 3.09. The third-order valence-electron chi connectivity index (χ3n) is 13.8. The molecule has 0 aromatic rings. The van der Waals surface area contributed by atoms with Crippen LogP contribution in [0.1, 0.15) is 88.0 Å². The third-order valence-corrected chi connectivity index (χ3v) is 13.8. The minimum Gasteiger partial charge on any atom is -0.0616 e. The van der Waals surface area contributed by atoms with Crippen LogP contribution in [0.25, 0.3) is 0 Å². The van der Waals surface area contributed by atoms with Crippen molar-refractivity contribution in [2.45, 2.75) is 88.0 Å². The summed E-state index contributed by atoms with van der Waals surface area (Å²) in [4.78, 5) is 0. The molecule has 10 atom stereocenters. The van der Waals surface area contributed by atoms with Gasteiger partial charge in [0, 0.05) is 0 Å². The van der Waals surface area contributed by atoms with Crippen LogP contribution in [0.15, 0.2) is 0 Å². The number of rotatable bonds is 0. The van der Waals surface area contributed by atoms with Crippen molar-refractivity contribution in [1.82, 2.24) is 0 Å². The Hall–Kier alpha value is 0. The smallest absolute Gasteiger partial charge is 0.0142 e. The van der Waals surface area contributed by atoms with Gasteiger partial charge in [0.15, 0.2) is 0 Å². The Morgan fingerprint density at radius 2 is 1.38 bits per heavy atom. The monoisotopic (exact) mass is 326 g/mol. The Labute approximate surface area is 149 Å². The maximum atomic E-state index is 2.78. The highest BCUT2D eigenvalue weighted by Gasteiger charge is 3.04. The molecule has 0 aliphatic heterocycles. The second-order valence-corrected chi connectivity index (χ2v) is 13.6. The van der Waals surface area contributed by atoms with Crippen molar-refractivity contribution in [3.05, 3.63) is 0 Å². The minimum atomic E-state index is 0.461. The molecule has 134 valence electrons. The average Bonchev–Trinajstić information content (AvgIpc) is 2.87. The van der Waals surface area contributed by atoms with E-state index in [0.29, 0.717) is 43.3 Å². The van der Waals surface area contributed by atoms with Gasteiger partial charge in [0.2, 0.25) is 0 Å². The lowest BCUT2D eigenvalue weighted by molar-refractivity contribution is -0.500. The molecule has 9 aliphatic carbocycles. The van der Waals surface area contributed by atoms with Crippen LogP contribution in [0.4, 0.5) is 0 Å². The van der Waals surface area contributed by atoms with Gasteiger partial charge in [-0.1, -0.05) is 62.3 Å².